The number of rotatable bonds is 6. The van der Waals surface area contributed by atoms with Crippen LogP contribution in [0.25, 0.3) is 16.9 Å². The maximum atomic E-state index is 14.0. The number of hydrogen-bond donors (Lipinski definition) is 0. The summed E-state index contributed by atoms with van der Waals surface area (Å²) in [6.45, 7) is 1.06. The van der Waals surface area contributed by atoms with E-state index in [0.717, 1.165) is 24.1 Å². The zero-order valence-corrected chi connectivity index (χ0v) is 19.2. The molecule has 7 nitrogen and oxygen atoms in total. The highest BCUT2D eigenvalue weighted by Gasteiger charge is 2.38. The molecule has 0 bridgehead atoms. The lowest BCUT2D eigenvalue weighted by Gasteiger charge is -2.30. The molecule has 2 aliphatic rings. The predicted octanol–water partition coefficient (Wildman–Crippen LogP) is 3.35. The molecule has 0 radical (unpaired) electrons. The van der Waals surface area contributed by atoms with Gasteiger partial charge in [0.15, 0.2) is 9.84 Å². The minimum Gasteiger partial charge on any atom is -0.376 e. The van der Waals surface area contributed by atoms with Crippen LogP contribution >= 0.6 is 0 Å². The largest absolute Gasteiger partial charge is 0.376 e. The summed E-state index contributed by atoms with van der Waals surface area (Å²) >= 11 is 0. The van der Waals surface area contributed by atoms with Crippen LogP contribution in [-0.4, -0.2) is 65.8 Å². The van der Waals surface area contributed by atoms with Crippen molar-refractivity contribution in [3.05, 3.63) is 72.4 Å². The lowest BCUT2D eigenvalue weighted by Crippen LogP contribution is -2.45. The summed E-state index contributed by atoms with van der Waals surface area (Å²) in [7, 11) is -3.15. The number of sulfone groups is 1. The Hall–Kier alpha value is -2.97. The van der Waals surface area contributed by atoms with Crippen LogP contribution in [-0.2, 0) is 14.6 Å². The normalized spacial score (nSPS) is 21.8. The fourth-order valence-corrected chi connectivity index (χ4v) is 6.35. The number of amides is 1. The molecule has 3 heterocycles. The molecule has 2 unspecified atom stereocenters. The number of ether oxygens (including phenoxy) is 1. The van der Waals surface area contributed by atoms with Gasteiger partial charge in [0, 0.05) is 24.8 Å². The third kappa shape index (κ3) is 4.72. The van der Waals surface area contributed by atoms with Crippen molar-refractivity contribution in [1.29, 1.82) is 0 Å². The molecule has 0 spiro atoms. The average molecular weight is 466 g/mol. The van der Waals surface area contributed by atoms with Gasteiger partial charge < -0.3 is 9.64 Å². The van der Waals surface area contributed by atoms with Gasteiger partial charge in [-0.15, -0.1) is 0 Å². The molecule has 8 heteroatoms. The molecule has 1 aromatic heterocycles. The van der Waals surface area contributed by atoms with E-state index in [4.69, 9.17) is 9.84 Å². The third-order valence-corrected chi connectivity index (χ3v) is 8.08. The summed E-state index contributed by atoms with van der Waals surface area (Å²) in [5, 5.41) is 4.76. The molecule has 0 saturated carbocycles. The lowest BCUT2D eigenvalue weighted by atomic mass is 10.1. The van der Waals surface area contributed by atoms with E-state index in [-0.39, 0.29) is 29.6 Å². The molecule has 0 aliphatic carbocycles. The molecule has 5 rings (SSSR count). The van der Waals surface area contributed by atoms with Crippen molar-refractivity contribution in [3.8, 4) is 16.9 Å². The summed E-state index contributed by atoms with van der Waals surface area (Å²) < 4.78 is 31.9. The fraction of sp³-hybridized carbons (Fsp3) is 0.360. The van der Waals surface area contributed by atoms with Crippen molar-refractivity contribution >= 4 is 15.7 Å². The van der Waals surface area contributed by atoms with Crippen molar-refractivity contribution in [3.63, 3.8) is 0 Å². The van der Waals surface area contributed by atoms with Crippen LogP contribution in [0.5, 0.6) is 0 Å². The van der Waals surface area contributed by atoms with Crippen LogP contribution in [0.4, 0.5) is 0 Å². The second kappa shape index (κ2) is 9.11. The highest BCUT2D eigenvalue weighted by molar-refractivity contribution is 7.91. The van der Waals surface area contributed by atoms with Crippen LogP contribution in [0, 0.1) is 0 Å². The smallest absolute Gasteiger partial charge is 0.272 e. The van der Waals surface area contributed by atoms with E-state index >= 15 is 0 Å². The summed E-state index contributed by atoms with van der Waals surface area (Å²) in [6, 6.07) is 20.7. The second-order valence-corrected chi connectivity index (χ2v) is 10.9. The molecule has 2 atom stereocenters. The molecule has 2 aromatic carbocycles. The van der Waals surface area contributed by atoms with E-state index in [0.29, 0.717) is 31.0 Å². The van der Waals surface area contributed by atoms with Gasteiger partial charge >= 0.3 is 0 Å². The first-order valence-corrected chi connectivity index (χ1v) is 13.2. The van der Waals surface area contributed by atoms with Crippen LogP contribution in [0.1, 0.15) is 29.8 Å². The monoisotopic (exact) mass is 465 g/mol. The van der Waals surface area contributed by atoms with E-state index in [1.807, 2.05) is 60.7 Å². The molecule has 2 saturated heterocycles. The molecule has 2 fully saturated rings. The van der Waals surface area contributed by atoms with Crippen LogP contribution in [0.2, 0.25) is 0 Å². The number of para-hydroxylation sites is 1. The molecular weight excluding hydrogens is 438 g/mol. The van der Waals surface area contributed by atoms with Gasteiger partial charge in [0.05, 0.1) is 29.0 Å². The van der Waals surface area contributed by atoms with Gasteiger partial charge in [-0.05, 0) is 37.5 Å². The first-order valence-electron chi connectivity index (χ1n) is 11.3. The Kier molecular flexibility index (Phi) is 6.03. The van der Waals surface area contributed by atoms with Crippen LogP contribution < -0.4 is 0 Å². The zero-order chi connectivity index (χ0) is 22.8. The Balaban J connectivity index is 1.55. The number of aromatic nitrogens is 2. The quantitative estimate of drug-likeness (QED) is 0.558. The lowest BCUT2D eigenvalue weighted by molar-refractivity contribution is 0.0434. The number of carbonyl (C=O) groups is 1. The Morgan fingerprint density at radius 3 is 2.42 bits per heavy atom. The van der Waals surface area contributed by atoms with E-state index in [1.165, 1.54) is 0 Å². The van der Waals surface area contributed by atoms with Crippen molar-refractivity contribution in [2.45, 2.75) is 31.4 Å². The summed E-state index contributed by atoms with van der Waals surface area (Å²) in [4.78, 5) is 15.7. The van der Waals surface area contributed by atoms with Gasteiger partial charge in [-0.3, -0.25) is 4.79 Å². The third-order valence-electron chi connectivity index (χ3n) is 6.33. The molecule has 0 N–H and O–H groups in total. The van der Waals surface area contributed by atoms with Gasteiger partial charge in [0.25, 0.3) is 5.91 Å². The van der Waals surface area contributed by atoms with Gasteiger partial charge in [-0.2, -0.15) is 5.10 Å². The Morgan fingerprint density at radius 1 is 1.06 bits per heavy atom. The Morgan fingerprint density at radius 2 is 1.79 bits per heavy atom. The van der Waals surface area contributed by atoms with Crippen LogP contribution in [0.15, 0.2) is 66.7 Å². The van der Waals surface area contributed by atoms with Crippen LogP contribution in [0.3, 0.4) is 0 Å². The number of nitrogens with zero attached hydrogens (tertiary/aromatic N) is 3. The van der Waals surface area contributed by atoms with Gasteiger partial charge in [0.2, 0.25) is 0 Å². The summed E-state index contributed by atoms with van der Waals surface area (Å²) in [5.74, 6) is -0.109. The Bertz CT molecular complexity index is 1220. The standard InChI is InChI=1S/C25H27N3O4S/c29-25(27(17-22-12-7-14-32-22)21-13-15-33(30,31)18-21)24-16-23(19-8-3-1-4-9-19)26-28(24)20-10-5-2-6-11-20/h1-6,8-11,16,21-22H,7,12-15,17-18H2. The van der Waals surface area contributed by atoms with E-state index in [1.54, 1.807) is 15.6 Å². The fourth-order valence-electron chi connectivity index (χ4n) is 4.62. The topological polar surface area (TPSA) is 81.5 Å². The van der Waals surface area contributed by atoms with E-state index in [9.17, 15) is 13.2 Å². The Labute approximate surface area is 193 Å². The van der Waals surface area contributed by atoms with Crippen molar-refractivity contribution in [2.24, 2.45) is 0 Å². The number of benzene rings is 2. The van der Waals surface area contributed by atoms with Gasteiger partial charge in [-0.25, -0.2) is 13.1 Å². The maximum absolute atomic E-state index is 14.0. The molecular formula is C25H27N3O4S. The second-order valence-electron chi connectivity index (χ2n) is 8.68. The highest BCUT2D eigenvalue weighted by Crippen LogP contribution is 2.27. The van der Waals surface area contributed by atoms with Crippen molar-refractivity contribution in [2.75, 3.05) is 24.7 Å². The average Bonchev–Trinajstić information content (AvgIpc) is 3.58. The zero-order valence-electron chi connectivity index (χ0n) is 18.3. The summed E-state index contributed by atoms with van der Waals surface area (Å²) in [6.07, 6.45) is 2.21. The summed E-state index contributed by atoms with van der Waals surface area (Å²) in [5.41, 5.74) is 2.80. The molecule has 3 aromatic rings. The minimum atomic E-state index is -3.15. The SMILES string of the molecule is O=C(c1cc(-c2ccccc2)nn1-c1ccccc1)N(CC1CCCO1)C1CCS(=O)(=O)C1. The van der Waals surface area contributed by atoms with Crippen molar-refractivity contribution < 1.29 is 17.9 Å². The maximum Gasteiger partial charge on any atom is 0.272 e. The first-order chi connectivity index (χ1) is 16.0. The van der Waals surface area contributed by atoms with Gasteiger partial charge in [0.1, 0.15) is 5.69 Å². The van der Waals surface area contributed by atoms with E-state index in [2.05, 4.69) is 0 Å². The molecule has 1 amide bonds. The molecule has 172 valence electrons. The molecule has 33 heavy (non-hydrogen) atoms. The molecule has 2 aliphatic heterocycles. The van der Waals surface area contributed by atoms with Gasteiger partial charge in [-0.1, -0.05) is 48.5 Å². The predicted molar refractivity (Wildman–Crippen MR) is 126 cm³/mol. The first kappa shape index (κ1) is 21.9. The minimum absolute atomic E-state index is 0.00350. The highest BCUT2D eigenvalue weighted by atomic mass is 32.2. The number of hydrogen-bond acceptors (Lipinski definition) is 5. The van der Waals surface area contributed by atoms with E-state index < -0.39 is 9.84 Å². The van der Waals surface area contributed by atoms with Crippen molar-refractivity contribution in [1.82, 2.24) is 14.7 Å². The number of carbonyl (C=O) groups excluding carboxylic acids is 1.